The van der Waals surface area contributed by atoms with E-state index in [9.17, 15) is 0 Å². The molecule has 0 saturated carbocycles. The van der Waals surface area contributed by atoms with Crippen LogP contribution < -0.4 is 0 Å². The minimum absolute atomic E-state index is 0.0405. The Balaban J connectivity index is 1.16. The van der Waals surface area contributed by atoms with Crippen LogP contribution in [0.3, 0.4) is 0 Å². The average Bonchev–Trinajstić information content (AvgIpc) is 3.92. The fourth-order valence-corrected chi connectivity index (χ4v) is 10.3. The van der Waals surface area contributed by atoms with Crippen molar-refractivity contribution in [2.24, 2.45) is 5.92 Å². The van der Waals surface area contributed by atoms with E-state index in [1.807, 2.05) is 42.5 Å². The van der Waals surface area contributed by atoms with Crippen molar-refractivity contribution in [3.8, 4) is 34.4 Å². The lowest BCUT2D eigenvalue weighted by Gasteiger charge is -2.46. The fraction of sp³-hybridized carbons (Fsp3) is 0.167. The lowest BCUT2D eigenvalue weighted by molar-refractivity contribution is 0.233. The van der Waals surface area contributed by atoms with Gasteiger partial charge in [0.05, 0.1) is 27.6 Å². The fourth-order valence-electron chi connectivity index (χ4n) is 10.3. The van der Waals surface area contributed by atoms with Crippen molar-refractivity contribution in [1.82, 2.24) is 24.1 Å². The quantitative estimate of drug-likeness (QED) is 0.179. The van der Waals surface area contributed by atoms with Crippen LogP contribution in [0.15, 0.2) is 156 Å². The first-order valence-electron chi connectivity index (χ1n) is 21.0. The molecule has 60 heavy (non-hydrogen) atoms. The molecule has 0 aliphatic heterocycles. The topological polar surface area (TPSA) is 61.7 Å². The van der Waals surface area contributed by atoms with Crippen LogP contribution in [0, 0.1) is 5.92 Å². The molecular formula is C54H43N5O. The highest BCUT2D eigenvalue weighted by molar-refractivity contribution is 6.19. The minimum atomic E-state index is 0.0405. The third-order valence-corrected chi connectivity index (χ3v) is 13.7. The Bertz CT molecular complexity index is 3550. The molecule has 11 aromatic rings. The van der Waals surface area contributed by atoms with Gasteiger partial charge in [-0.2, -0.15) is 9.97 Å². The number of para-hydroxylation sites is 4. The maximum absolute atomic E-state index is 6.54. The molecule has 12 rings (SSSR count). The van der Waals surface area contributed by atoms with Crippen molar-refractivity contribution >= 4 is 65.6 Å². The van der Waals surface area contributed by atoms with E-state index in [1.165, 1.54) is 39.5 Å². The molecule has 1 unspecified atom stereocenters. The smallest absolute Gasteiger partial charge is 0.238 e. The van der Waals surface area contributed by atoms with Crippen molar-refractivity contribution in [2.45, 2.75) is 51.9 Å². The predicted octanol–water partition coefficient (Wildman–Crippen LogP) is 13.9. The highest BCUT2D eigenvalue weighted by atomic mass is 16.3. The number of hydrogen-bond donors (Lipinski definition) is 0. The zero-order chi connectivity index (χ0) is 40.5. The summed E-state index contributed by atoms with van der Waals surface area (Å²) < 4.78 is 11.2. The number of furan rings is 1. The molecule has 1 atom stereocenters. The van der Waals surface area contributed by atoms with E-state index in [1.54, 1.807) is 0 Å². The van der Waals surface area contributed by atoms with Crippen LogP contribution in [0.1, 0.15) is 52.2 Å². The highest BCUT2D eigenvalue weighted by Gasteiger charge is 2.42. The maximum Gasteiger partial charge on any atom is 0.238 e. The first kappa shape index (κ1) is 34.9. The van der Waals surface area contributed by atoms with Gasteiger partial charge in [0.2, 0.25) is 5.95 Å². The Morgan fingerprint density at radius 3 is 1.92 bits per heavy atom. The number of nitrogens with zero attached hydrogens (tertiary/aromatic N) is 5. The molecule has 1 aliphatic carbocycles. The van der Waals surface area contributed by atoms with Gasteiger partial charge in [-0.3, -0.25) is 4.57 Å². The van der Waals surface area contributed by atoms with Crippen LogP contribution >= 0.6 is 0 Å². The van der Waals surface area contributed by atoms with Crippen molar-refractivity contribution < 1.29 is 4.42 Å². The second-order valence-corrected chi connectivity index (χ2v) is 18.0. The summed E-state index contributed by atoms with van der Waals surface area (Å²) in [4.78, 5) is 15.8. The van der Waals surface area contributed by atoms with E-state index < -0.39 is 0 Å². The molecule has 6 nitrogen and oxygen atoms in total. The van der Waals surface area contributed by atoms with Crippen molar-refractivity contribution in [3.05, 3.63) is 163 Å². The lowest BCUT2D eigenvalue weighted by atomic mass is 9.58. The van der Waals surface area contributed by atoms with Gasteiger partial charge in [0.15, 0.2) is 11.6 Å². The van der Waals surface area contributed by atoms with Gasteiger partial charge in [-0.15, -0.1) is 0 Å². The molecule has 290 valence electrons. The zero-order valence-corrected chi connectivity index (χ0v) is 34.4. The van der Waals surface area contributed by atoms with Gasteiger partial charge in [-0.25, -0.2) is 4.98 Å². The minimum Gasteiger partial charge on any atom is -0.455 e. The van der Waals surface area contributed by atoms with Gasteiger partial charge in [0.25, 0.3) is 0 Å². The van der Waals surface area contributed by atoms with E-state index in [-0.39, 0.29) is 10.8 Å². The summed E-state index contributed by atoms with van der Waals surface area (Å²) >= 11 is 0. The summed E-state index contributed by atoms with van der Waals surface area (Å²) in [5.74, 6) is 2.25. The monoisotopic (exact) mass is 777 g/mol. The molecule has 4 heterocycles. The Kier molecular flexibility index (Phi) is 7.27. The Morgan fingerprint density at radius 2 is 1.15 bits per heavy atom. The maximum atomic E-state index is 6.54. The van der Waals surface area contributed by atoms with Crippen LogP contribution in [0.25, 0.3) is 100.0 Å². The predicted molar refractivity (Wildman–Crippen MR) is 246 cm³/mol. The van der Waals surface area contributed by atoms with Gasteiger partial charge < -0.3 is 8.98 Å². The Morgan fingerprint density at radius 1 is 0.517 bits per heavy atom. The van der Waals surface area contributed by atoms with Crippen molar-refractivity contribution in [1.29, 1.82) is 0 Å². The van der Waals surface area contributed by atoms with Gasteiger partial charge in [-0.05, 0) is 82.8 Å². The molecule has 0 bridgehead atoms. The summed E-state index contributed by atoms with van der Waals surface area (Å²) in [6, 6.07) is 53.9. The molecule has 0 N–H and O–H groups in total. The van der Waals surface area contributed by atoms with Crippen LogP contribution in [-0.4, -0.2) is 24.1 Å². The van der Waals surface area contributed by atoms with Crippen molar-refractivity contribution in [3.63, 3.8) is 0 Å². The van der Waals surface area contributed by atoms with Crippen molar-refractivity contribution in [2.75, 3.05) is 0 Å². The first-order valence-corrected chi connectivity index (χ1v) is 21.0. The number of aromatic nitrogens is 5. The van der Waals surface area contributed by atoms with Crippen LogP contribution in [0.4, 0.5) is 0 Å². The molecule has 7 aromatic carbocycles. The molecular weight excluding hydrogens is 735 g/mol. The van der Waals surface area contributed by atoms with E-state index >= 15 is 0 Å². The molecule has 0 fully saturated rings. The molecule has 0 saturated heterocycles. The van der Waals surface area contributed by atoms with E-state index in [0.717, 1.165) is 60.4 Å². The summed E-state index contributed by atoms with van der Waals surface area (Å²) in [5, 5.41) is 6.82. The summed E-state index contributed by atoms with van der Waals surface area (Å²) in [6.07, 6.45) is 1.17. The van der Waals surface area contributed by atoms with Crippen LogP contribution in [0.2, 0.25) is 0 Å². The lowest BCUT2D eigenvalue weighted by Crippen LogP contribution is -2.40. The van der Waals surface area contributed by atoms with Gasteiger partial charge in [-0.1, -0.05) is 138 Å². The Labute approximate surface area is 347 Å². The average molecular weight is 778 g/mol. The van der Waals surface area contributed by atoms with E-state index in [2.05, 4.69) is 153 Å². The molecule has 4 aromatic heterocycles. The summed E-state index contributed by atoms with van der Waals surface area (Å²) in [6.45, 7) is 12.1. The van der Waals surface area contributed by atoms with Gasteiger partial charge in [0, 0.05) is 43.6 Å². The molecule has 6 heteroatoms. The third-order valence-electron chi connectivity index (χ3n) is 13.7. The standard InChI is InChI=1S/C54H43N5O/c1-32-31-53(2,3)42-27-26-34(28-43(42)54(32,4)5)58-44-23-12-9-18-35(44)40-29-41-36-19-10-13-24-45(36)59(47(41)30-46(40)58)52-56-50(33-16-7-6-8-17-33)55-51(57-52)39-22-15-21-38-37-20-11-14-25-48(37)60-49(38)39/h6-30,32H,31H2,1-5H3. The largest absolute Gasteiger partial charge is 0.455 e. The normalized spacial score (nSPS) is 16.1. The van der Waals surface area contributed by atoms with Crippen LogP contribution in [-0.2, 0) is 10.8 Å². The SMILES string of the molecule is CC1CC(C)(C)c2ccc(-n3c4ccccc4c4cc5c6ccccc6n(-c6nc(-c7ccccc7)nc(-c7cccc8c7oc7ccccc78)n6)c5cc43)cc2C1(C)C. The molecule has 0 radical (unpaired) electrons. The second-order valence-electron chi connectivity index (χ2n) is 18.0. The third kappa shape index (κ3) is 4.97. The second kappa shape index (κ2) is 12.5. The molecule has 0 spiro atoms. The summed E-state index contributed by atoms with van der Waals surface area (Å²) in [5.41, 5.74) is 11.9. The first-order chi connectivity index (χ1) is 29.2. The van der Waals surface area contributed by atoms with E-state index in [4.69, 9.17) is 19.4 Å². The zero-order valence-electron chi connectivity index (χ0n) is 34.4. The number of rotatable bonds is 4. The number of fused-ring (bicyclic) bond motifs is 10. The molecule has 1 aliphatic rings. The Hall–Kier alpha value is -7.05. The molecule has 0 amide bonds. The van der Waals surface area contributed by atoms with Crippen LogP contribution in [0.5, 0.6) is 0 Å². The number of hydrogen-bond acceptors (Lipinski definition) is 4. The van der Waals surface area contributed by atoms with Gasteiger partial charge in [0.1, 0.15) is 11.2 Å². The summed E-state index contributed by atoms with van der Waals surface area (Å²) in [7, 11) is 0. The van der Waals surface area contributed by atoms with Gasteiger partial charge >= 0.3 is 0 Å². The number of benzene rings is 7. The highest BCUT2D eigenvalue weighted by Crippen LogP contribution is 2.50. The van der Waals surface area contributed by atoms with E-state index in [0.29, 0.717) is 23.5 Å².